The molecule has 0 spiro atoms. The highest BCUT2D eigenvalue weighted by atomic mass is 16.6. The Balaban J connectivity index is 3.02. The highest BCUT2D eigenvalue weighted by Gasteiger charge is 2.27. The molecule has 1 aromatic rings. The third kappa shape index (κ3) is 2.79. The SMILES string of the molecule is N#CC(C#N)[C@@H](C[N+](=O)[O-])c1ccccc1. The molecule has 0 heterocycles. The van der Waals surface area contributed by atoms with Gasteiger partial charge in [0.25, 0.3) is 0 Å². The van der Waals surface area contributed by atoms with Crippen molar-refractivity contribution in [3.05, 3.63) is 46.0 Å². The van der Waals surface area contributed by atoms with Gasteiger partial charge in [-0.1, -0.05) is 30.3 Å². The van der Waals surface area contributed by atoms with Crippen LogP contribution in [0, 0.1) is 38.7 Å². The normalized spacial score (nSPS) is 11.4. The van der Waals surface area contributed by atoms with Gasteiger partial charge in [0.1, 0.15) is 5.92 Å². The van der Waals surface area contributed by atoms with E-state index >= 15 is 0 Å². The zero-order valence-electron chi connectivity index (χ0n) is 8.41. The van der Waals surface area contributed by atoms with Crippen LogP contribution in [-0.2, 0) is 0 Å². The topological polar surface area (TPSA) is 90.7 Å². The fraction of sp³-hybridized carbons (Fsp3) is 0.273. The number of benzene rings is 1. The number of nitriles is 2. The first kappa shape index (κ1) is 11.7. The molecule has 1 atom stereocenters. The van der Waals surface area contributed by atoms with Crippen molar-refractivity contribution in [3.8, 4) is 12.1 Å². The smallest absolute Gasteiger partial charge is 0.212 e. The van der Waals surface area contributed by atoms with Crippen LogP contribution in [0.15, 0.2) is 30.3 Å². The minimum Gasteiger partial charge on any atom is -0.265 e. The predicted octanol–water partition coefficient (Wildman–Crippen LogP) is 1.71. The summed E-state index contributed by atoms with van der Waals surface area (Å²) in [4.78, 5) is 10.0. The fourth-order valence-electron chi connectivity index (χ4n) is 1.47. The summed E-state index contributed by atoms with van der Waals surface area (Å²) in [5.41, 5.74) is 0.646. The monoisotopic (exact) mass is 215 g/mol. The Bertz CT molecular complexity index is 431. The third-order valence-corrected chi connectivity index (χ3v) is 2.25. The summed E-state index contributed by atoms with van der Waals surface area (Å²) in [5, 5.41) is 28.1. The molecule has 0 N–H and O–H groups in total. The molecule has 0 aliphatic rings. The molecule has 0 saturated heterocycles. The van der Waals surface area contributed by atoms with Gasteiger partial charge in [0.05, 0.1) is 18.1 Å². The Morgan fingerprint density at radius 1 is 1.25 bits per heavy atom. The van der Waals surface area contributed by atoms with Gasteiger partial charge in [-0.05, 0) is 5.56 Å². The molecule has 80 valence electrons. The van der Waals surface area contributed by atoms with Gasteiger partial charge in [-0.15, -0.1) is 0 Å². The Kier molecular flexibility index (Phi) is 3.99. The largest absolute Gasteiger partial charge is 0.265 e. The van der Waals surface area contributed by atoms with E-state index in [1.807, 2.05) is 0 Å². The molecule has 16 heavy (non-hydrogen) atoms. The van der Waals surface area contributed by atoms with E-state index in [9.17, 15) is 10.1 Å². The lowest BCUT2D eigenvalue weighted by atomic mass is 9.88. The second-order valence-electron chi connectivity index (χ2n) is 3.27. The van der Waals surface area contributed by atoms with Crippen LogP contribution in [0.3, 0.4) is 0 Å². The summed E-state index contributed by atoms with van der Waals surface area (Å²) < 4.78 is 0. The van der Waals surface area contributed by atoms with Crippen molar-refractivity contribution in [1.29, 1.82) is 10.5 Å². The fourth-order valence-corrected chi connectivity index (χ4v) is 1.47. The van der Waals surface area contributed by atoms with Crippen LogP contribution in [0.4, 0.5) is 0 Å². The molecule has 0 aliphatic heterocycles. The summed E-state index contributed by atoms with van der Waals surface area (Å²) >= 11 is 0. The highest BCUT2D eigenvalue weighted by molar-refractivity contribution is 5.25. The average Bonchev–Trinajstić information content (AvgIpc) is 2.30. The van der Waals surface area contributed by atoms with Crippen molar-refractivity contribution in [2.45, 2.75) is 5.92 Å². The minimum atomic E-state index is -0.993. The van der Waals surface area contributed by atoms with Gasteiger partial charge in [-0.2, -0.15) is 10.5 Å². The van der Waals surface area contributed by atoms with Gasteiger partial charge in [0, 0.05) is 4.92 Å². The first-order valence-corrected chi connectivity index (χ1v) is 4.65. The zero-order valence-corrected chi connectivity index (χ0v) is 8.41. The second kappa shape index (κ2) is 5.47. The lowest BCUT2D eigenvalue weighted by molar-refractivity contribution is -0.484. The molecule has 1 rings (SSSR count). The van der Waals surface area contributed by atoms with Crippen LogP contribution in [0.5, 0.6) is 0 Å². The van der Waals surface area contributed by atoms with E-state index in [1.54, 1.807) is 42.5 Å². The highest BCUT2D eigenvalue weighted by Crippen LogP contribution is 2.24. The number of hydrogen-bond acceptors (Lipinski definition) is 4. The lowest BCUT2D eigenvalue weighted by Gasteiger charge is -2.12. The summed E-state index contributed by atoms with van der Waals surface area (Å²) in [7, 11) is 0. The number of nitrogens with zero attached hydrogens (tertiary/aromatic N) is 3. The standard InChI is InChI=1S/C11H9N3O2/c12-6-10(7-13)11(8-14(15)16)9-4-2-1-3-5-9/h1-5,10-11H,8H2/t11-/m0/s1. The number of rotatable bonds is 4. The van der Waals surface area contributed by atoms with Gasteiger partial charge in [-0.3, -0.25) is 10.1 Å². The van der Waals surface area contributed by atoms with Crippen LogP contribution >= 0.6 is 0 Å². The van der Waals surface area contributed by atoms with Crippen LogP contribution in [0.2, 0.25) is 0 Å². The van der Waals surface area contributed by atoms with Crippen molar-refractivity contribution in [3.63, 3.8) is 0 Å². The van der Waals surface area contributed by atoms with Gasteiger partial charge in [0.15, 0.2) is 0 Å². The lowest BCUT2D eigenvalue weighted by Crippen LogP contribution is -2.19. The van der Waals surface area contributed by atoms with Gasteiger partial charge in [0.2, 0.25) is 6.54 Å². The summed E-state index contributed by atoms with van der Waals surface area (Å²) in [6, 6.07) is 12.2. The van der Waals surface area contributed by atoms with Crippen molar-refractivity contribution in [2.24, 2.45) is 5.92 Å². The van der Waals surface area contributed by atoms with E-state index in [0.717, 1.165) is 0 Å². The van der Waals surface area contributed by atoms with Crippen molar-refractivity contribution < 1.29 is 4.92 Å². The molecular formula is C11H9N3O2. The maximum atomic E-state index is 10.5. The van der Waals surface area contributed by atoms with Crippen LogP contribution in [-0.4, -0.2) is 11.5 Å². The van der Waals surface area contributed by atoms with E-state index in [2.05, 4.69) is 0 Å². The van der Waals surface area contributed by atoms with E-state index < -0.39 is 23.3 Å². The molecule has 1 aromatic carbocycles. The molecule has 0 bridgehead atoms. The maximum absolute atomic E-state index is 10.5. The summed E-state index contributed by atoms with van der Waals surface area (Å²) in [6.07, 6.45) is 0. The minimum absolute atomic E-state index is 0.407. The van der Waals surface area contributed by atoms with E-state index in [0.29, 0.717) is 5.56 Å². The molecule has 0 saturated carbocycles. The average molecular weight is 215 g/mol. The zero-order chi connectivity index (χ0) is 12.0. The van der Waals surface area contributed by atoms with E-state index in [-0.39, 0.29) is 0 Å². The van der Waals surface area contributed by atoms with Crippen molar-refractivity contribution in [2.75, 3.05) is 6.54 Å². The van der Waals surface area contributed by atoms with Crippen molar-refractivity contribution in [1.82, 2.24) is 0 Å². The van der Waals surface area contributed by atoms with Gasteiger partial charge in [-0.25, -0.2) is 0 Å². The molecule has 0 fully saturated rings. The molecule has 0 unspecified atom stereocenters. The molecular weight excluding hydrogens is 206 g/mol. The Labute approximate surface area is 92.7 Å². The Morgan fingerprint density at radius 2 is 1.81 bits per heavy atom. The van der Waals surface area contributed by atoms with Gasteiger partial charge >= 0.3 is 0 Å². The van der Waals surface area contributed by atoms with Crippen LogP contribution < -0.4 is 0 Å². The third-order valence-electron chi connectivity index (χ3n) is 2.25. The Morgan fingerprint density at radius 3 is 2.25 bits per heavy atom. The quantitative estimate of drug-likeness (QED) is 0.564. The van der Waals surface area contributed by atoms with E-state index in [1.165, 1.54) is 0 Å². The molecule has 5 nitrogen and oxygen atoms in total. The molecule has 0 radical (unpaired) electrons. The molecule has 5 heteroatoms. The summed E-state index contributed by atoms with van der Waals surface area (Å²) in [6.45, 7) is -0.407. The first-order valence-electron chi connectivity index (χ1n) is 4.65. The molecule has 0 aromatic heterocycles. The van der Waals surface area contributed by atoms with Gasteiger partial charge < -0.3 is 0 Å². The molecule has 0 aliphatic carbocycles. The summed E-state index contributed by atoms with van der Waals surface area (Å²) in [5.74, 6) is -1.67. The van der Waals surface area contributed by atoms with Crippen molar-refractivity contribution >= 4 is 0 Å². The number of nitro groups is 1. The van der Waals surface area contributed by atoms with E-state index in [4.69, 9.17) is 10.5 Å². The van der Waals surface area contributed by atoms with Crippen LogP contribution in [0.25, 0.3) is 0 Å². The predicted molar refractivity (Wildman–Crippen MR) is 55.8 cm³/mol. The second-order valence-corrected chi connectivity index (χ2v) is 3.27. The molecule has 0 amide bonds. The Hall–Kier alpha value is -2.40. The van der Waals surface area contributed by atoms with Crippen LogP contribution in [0.1, 0.15) is 11.5 Å². The maximum Gasteiger partial charge on any atom is 0.212 e. The number of hydrogen-bond donors (Lipinski definition) is 0. The first-order chi connectivity index (χ1) is 7.69.